The molecular weight excluding hydrogens is 366 g/mol. The van der Waals surface area contributed by atoms with E-state index < -0.39 is 0 Å². The molecule has 0 radical (unpaired) electrons. The van der Waals surface area contributed by atoms with Gasteiger partial charge in [-0.05, 0) is 18.6 Å². The van der Waals surface area contributed by atoms with Crippen LogP contribution in [0.5, 0.6) is 0 Å². The number of anilines is 1. The van der Waals surface area contributed by atoms with Crippen LogP contribution in [0.25, 0.3) is 10.2 Å². The molecule has 0 aliphatic carbocycles. The molecule has 1 aromatic carbocycles. The topological polar surface area (TPSA) is 53.5 Å². The predicted octanol–water partition coefficient (Wildman–Crippen LogP) is 3.19. The number of thiazole rings is 1. The Morgan fingerprint density at radius 3 is 2.62 bits per heavy atom. The molecule has 0 N–H and O–H groups in total. The monoisotopic (exact) mass is 383 g/mol. The normalized spacial score (nSPS) is 15.1. The van der Waals surface area contributed by atoms with Crippen LogP contribution >= 0.6 is 34.7 Å². The van der Waals surface area contributed by atoms with Crippen molar-refractivity contribution >= 4 is 61.1 Å². The van der Waals surface area contributed by atoms with Crippen molar-refractivity contribution in [2.45, 2.75) is 13.8 Å². The summed E-state index contributed by atoms with van der Waals surface area (Å²) in [6, 6.07) is 3.89. The Bertz CT molecular complexity index is 746. The number of thioether (sulfide) groups is 1. The van der Waals surface area contributed by atoms with Crippen LogP contribution in [0.3, 0.4) is 0 Å². The molecule has 0 atom stereocenters. The van der Waals surface area contributed by atoms with Crippen LogP contribution in [0, 0.1) is 6.92 Å². The van der Waals surface area contributed by atoms with Crippen molar-refractivity contribution in [2.75, 3.05) is 36.8 Å². The average molecular weight is 384 g/mol. The lowest BCUT2D eigenvalue weighted by molar-refractivity contribution is -0.128. The van der Waals surface area contributed by atoms with Gasteiger partial charge in [0.2, 0.25) is 5.91 Å². The van der Waals surface area contributed by atoms with Gasteiger partial charge in [0, 0.05) is 33.1 Å². The van der Waals surface area contributed by atoms with E-state index >= 15 is 0 Å². The van der Waals surface area contributed by atoms with Gasteiger partial charge in [-0.15, -0.1) is 0 Å². The Morgan fingerprint density at radius 1 is 1.29 bits per heavy atom. The molecule has 0 spiro atoms. The van der Waals surface area contributed by atoms with Crippen molar-refractivity contribution in [1.29, 1.82) is 0 Å². The average Bonchev–Trinajstić information content (AvgIpc) is 3.03. The van der Waals surface area contributed by atoms with Gasteiger partial charge in [-0.1, -0.05) is 40.8 Å². The minimum Gasteiger partial charge on any atom is -0.345 e. The molecule has 0 bridgehead atoms. The fourth-order valence-corrected chi connectivity index (χ4v) is 4.51. The SMILES string of the molecule is CC(=O)SCC(=O)N1CCN(c2nc3c(C)ccc(Cl)c3s2)CC1. The minimum atomic E-state index is -0.0243. The van der Waals surface area contributed by atoms with Gasteiger partial charge in [0.25, 0.3) is 0 Å². The largest absolute Gasteiger partial charge is 0.345 e. The van der Waals surface area contributed by atoms with Crippen LogP contribution < -0.4 is 4.90 Å². The van der Waals surface area contributed by atoms with E-state index in [4.69, 9.17) is 16.6 Å². The molecule has 1 amide bonds. The van der Waals surface area contributed by atoms with Gasteiger partial charge in [-0.3, -0.25) is 9.59 Å². The lowest BCUT2D eigenvalue weighted by Gasteiger charge is -2.34. The molecule has 128 valence electrons. The summed E-state index contributed by atoms with van der Waals surface area (Å²) < 4.78 is 1.02. The quantitative estimate of drug-likeness (QED) is 0.814. The highest BCUT2D eigenvalue weighted by Gasteiger charge is 2.23. The highest BCUT2D eigenvalue weighted by atomic mass is 35.5. The molecule has 0 unspecified atom stereocenters. The number of carbonyl (C=O) groups excluding carboxylic acids is 2. The summed E-state index contributed by atoms with van der Waals surface area (Å²) in [5, 5.41) is 1.66. The Kier molecular flexibility index (Phi) is 5.32. The number of piperazine rings is 1. The fourth-order valence-electron chi connectivity index (χ4n) is 2.63. The second-order valence-electron chi connectivity index (χ2n) is 5.69. The number of rotatable bonds is 3. The number of fused-ring (bicyclic) bond motifs is 1. The fraction of sp³-hybridized carbons (Fsp3) is 0.438. The first-order valence-electron chi connectivity index (χ1n) is 7.67. The van der Waals surface area contributed by atoms with E-state index in [9.17, 15) is 9.59 Å². The number of halogens is 1. The smallest absolute Gasteiger partial charge is 0.233 e. The first kappa shape index (κ1) is 17.5. The van der Waals surface area contributed by atoms with Crippen LogP contribution in [-0.4, -0.2) is 52.8 Å². The van der Waals surface area contributed by atoms with Crippen molar-refractivity contribution in [3.8, 4) is 0 Å². The zero-order valence-corrected chi connectivity index (χ0v) is 15.9. The van der Waals surface area contributed by atoms with E-state index in [0.717, 1.165) is 50.8 Å². The third-order valence-corrected chi connectivity index (χ3v) is 6.36. The maximum absolute atomic E-state index is 12.1. The molecule has 3 rings (SSSR count). The highest BCUT2D eigenvalue weighted by Crippen LogP contribution is 2.35. The van der Waals surface area contributed by atoms with Crippen molar-refractivity contribution < 1.29 is 9.59 Å². The Balaban J connectivity index is 1.67. The van der Waals surface area contributed by atoms with Crippen molar-refractivity contribution in [3.05, 3.63) is 22.7 Å². The van der Waals surface area contributed by atoms with Crippen molar-refractivity contribution in [3.63, 3.8) is 0 Å². The maximum Gasteiger partial charge on any atom is 0.233 e. The molecule has 2 heterocycles. The summed E-state index contributed by atoms with van der Waals surface area (Å²) in [7, 11) is 0. The second kappa shape index (κ2) is 7.29. The molecular formula is C16H18ClN3O2S2. The van der Waals surface area contributed by atoms with Crippen LogP contribution in [0.15, 0.2) is 12.1 Å². The first-order valence-corrected chi connectivity index (χ1v) is 9.85. The molecule has 1 saturated heterocycles. The summed E-state index contributed by atoms with van der Waals surface area (Å²) in [5.41, 5.74) is 2.07. The summed E-state index contributed by atoms with van der Waals surface area (Å²) in [6.45, 7) is 6.31. The number of carbonyl (C=O) groups is 2. The predicted molar refractivity (Wildman–Crippen MR) is 101 cm³/mol. The summed E-state index contributed by atoms with van der Waals surface area (Å²) in [6.07, 6.45) is 0. The van der Waals surface area contributed by atoms with E-state index in [0.29, 0.717) is 13.1 Å². The van der Waals surface area contributed by atoms with E-state index in [1.807, 2.05) is 24.0 Å². The van der Waals surface area contributed by atoms with E-state index in [1.165, 1.54) is 6.92 Å². The highest BCUT2D eigenvalue weighted by molar-refractivity contribution is 8.14. The zero-order chi connectivity index (χ0) is 17.3. The molecule has 24 heavy (non-hydrogen) atoms. The van der Waals surface area contributed by atoms with Crippen molar-refractivity contribution in [2.24, 2.45) is 0 Å². The summed E-state index contributed by atoms with van der Waals surface area (Å²) in [5.74, 6) is 0.253. The van der Waals surface area contributed by atoms with Crippen LogP contribution in [-0.2, 0) is 9.59 Å². The molecule has 5 nitrogen and oxygen atoms in total. The Morgan fingerprint density at radius 2 is 2.00 bits per heavy atom. The standard InChI is InChI=1S/C16H18ClN3O2S2/c1-10-3-4-12(17)15-14(10)18-16(24-15)20-7-5-19(6-8-20)13(22)9-23-11(2)21/h3-4H,5-9H2,1-2H3. The van der Waals surface area contributed by atoms with Crippen molar-refractivity contribution in [1.82, 2.24) is 9.88 Å². The van der Waals surface area contributed by atoms with E-state index in [2.05, 4.69) is 4.90 Å². The van der Waals surface area contributed by atoms with Gasteiger partial charge in [0.15, 0.2) is 10.2 Å². The molecule has 8 heteroatoms. The molecule has 2 aromatic rings. The number of hydrogen-bond donors (Lipinski definition) is 0. The number of benzene rings is 1. The molecule has 1 aliphatic heterocycles. The molecule has 1 aromatic heterocycles. The lowest BCUT2D eigenvalue weighted by Crippen LogP contribution is -2.49. The van der Waals surface area contributed by atoms with Gasteiger partial charge in [0.1, 0.15) is 0 Å². The number of aryl methyl sites for hydroxylation is 1. The van der Waals surface area contributed by atoms with Crippen LogP contribution in [0.1, 0.15) is 12.5 Å². The van der Waals surface area contributed by atoms with Crippen LogP contribution in [0.4, 0.5) is 5.13 Å². The van der Waals surface area contributed by atoms with E-state index in [1.54, 1.807) is 11.3 Å². The zero-order valence-electron chi connectivity index (χ0n) is 13.5. The number of aromatic nitrogens is 1. The lowest BCUT2D eigenvalue weighted by atomic mass is 10.2. The van der Waals surface area contributed by atoms with Gasteiger partial charge < -0.3 is 9.80 Å². The van der Waals surface area contributed by atoms with Gasteiger partial charge >= 0.3 is 0 Å². The minimum absolute atomic E-state index is 0.0243. The van der Waals surface area contributed by atoms with E-state index in [-0.39, 0.29) is 16.8 Å². The molecule has 0 saturated carbocycles. The Labute approximate surface area is 154 Å². The van der Waals surface area contributed by atoms with Crippen LogP contribution in [0.2, 0.25) is 5.02 Å². The third-order valence-electron chi connectivity index (χ3n) is 3.99. The number of nitrogens with zero attached hydrogens (tertiary/aromatic N) is 3. The van der Waals surface area contributed by atoms with Gasteiger partial charge in [0.05, 0.1) is 21.0 Å². The third kappa shape index (κ3) is 3.68. The molecule has 1 aliphatic rings. The summed E-state index contributed by atoms with van der Waals surface area (Å²) in [4.78, 5) is 31.8. The number of amides is 1. The molecule has 1 fully saturated rings. The maximum atomic E-state index is 12.1. The second-order valence-corrected chi connectivity index (χ2v) is 8.22. The number of hydrogen-bond acceptors (Lipinski definition) is 6. The Hall–Kier alpha value is -1.31. The summed E-state index contributed by atoms with van der Waals surface area (Å²) >= 11 is 8.94. The van der Waals surface area contributed by atoms with Gasteiger partial charge in [-0.25, -0.2) is 4.98 Å². The first-order chi connectivity index (χ1) is 11.5. The van der Waals surface area contributed by atoms with Gasteiger partial charge in [-0.2, -0.15) is 0 Å².